The van der Waals surface area contributed by atoms with Gasteiger partial charge in [0.2, 0.25) is 0 Å². The summed E-state index contributed by atoms with van der Waals surface area (Å²) in [5.74, 6) is 0.885. The number of nitrogens with zero attached hydrogens (tertiary/aromatic N) is 1. The molecule has 19 heavy (non-hydrogen) atoms. The highest BCUT2D eigenvalue weighted by Gasteiger charge is 2.14. The first kappa shape index (κ1) is 12.7. The molecule has 1 saturated heterocycles. The molecule has 3 heteroatoms. The minimum Gasteiger partial charge on any atom is -0.440 e. The van der Waals surface area contributed by atoms with Crippen molar-refractivity contribution < 1.29 is 4.42 Å². The van der Waals surface area contributed by atoms with Crippen LogP contribution in [-0.2, 0) is 6.42 Å². The molecule has 1 fully saturated rings. The van der Waals surface area contributed by atoms with Crippen molar-refractivity contribution in [2.45, 2.75) is 52.0 Å². The van der Waals surface area contributed by atoms with Gasteiger partial charge in [-0.1, -0.05) is 12.5 Å². The van der Waals surface area contributed by atoms with E-state index in [9.17, 15) is 0 Å². The van der Waals surface area contributed by atoms with E-state index < -0.39 is 0 Å². The van der Waals surface area contributed by atoms with Crippen molar-refractivity contribution in [2.75, 3.05) is 6.54 Å². The van der Waals surface area contributed by atoms with Crippen molar-refractivity contribution in [1.82, 2.24) is 10.3 Å². The monoisotopic (exact) mass is 258 g/mol. The van der Waals surface area contributed by atoms with Crippen LogP contribution in [0.25, 0.3) is 11.1 Å². The molecule has 3 nitrogen and oxygen atoms in total. The summed E-state index contributed by atoms with van der Waals surface area (Å²) in [5, 5.41) is 3.57. The average Bonchev–Trinajstić information content (AvgIpc) is 2.81. The number of piperidine rings is 1. The summed E-state index contributed by atoms with van der Waals surface area (Å²) < 4.78 is 5.91. The molecule has 102 valence electrons. The molecule has 0 radical (unpaired) electrons. The van der Waals surface area contributed by atoms with Gasteiger partial charge in [-0.25, -0.2) is 4.98 Å². The Morgan fingerprint density at radius 2 is 2.21 bits per heavy atom. The third kappa shape index (κ3) is 2.81. The van der Waals surface area contributed by atoms with Crippen molar-refractivity contribution in [3.05, 3.63) is 29.2 Å². The fourth-order valence-corrected chi connectivity index (χ4v) is 3.00. The van der Waals surface area contributed by atoms with E-state index >= 15 is 0 Å². The maximum atomic E-state index is 5.91. The van der Waals surface area contributed by atoms with Gasteiger partial charge in [-0.2, -0.15) is 0 Å². The highest BCUT2D eigenvalue weighted by molar-refractivity contribution is 5.77. The number of fused-ring (bicyclic) bond motifs is 1. The summed E-state index contributed by atoms with van der Waals surface area (Å²) in [5.41, 5.74) is 4.39. The fraction of sp³-hybridized carbons (Fsp3) is 0.562. The summed E-state index contributed by atoms with van der Waals surface area (Å²) in [4.78, 5) is 4.62. The number of benzene rings is 1. The summed E-state index contributed by atoms with van der Waals surface area (Å²) in [6.45, 7) is 5.36. The predicted molar refractivity (Wildman–Crippen MR) is 77.4 cm³/mol. The fourth-order valence-electron chi connectivity index (χ4n) is 3.00. The molecular weight excluding hydrogens is 236 g/mol. The van der Waals surface area contributed by atoms with E-state index in [0.717, 1.165) is 36.4 Å². The van der Waals surface area contributed by atoms with Crippen LogP contribution in [0.15, 0.2) is 16.5 Å². The first-order valence-corrected chi connectivity index (χ1v) is 7.32. The second kappa shape index (κ2) is 5.33. The normalized spacial score (nSPS) is 20.0. The molecule has 1 N–H and O–H groups in total. The maximum Gasteiger partial charge on any atom is 0.195 e. The van der Waals surface area contributed by atoms with E-state index in [1.807, 2.05) is 0 Å². The van der Waals surface area contributed by atoms with Crippen LogP contribution in [0.3, 0.4) is 0 Å². The Bertz CT molecular complexity index is 567. The van der Waals surface area contributed by atoms with E-state index in [4.69, 9.17) is 4.42 Å². The van der Waals surface area contributed by atoms with E-state index in [1.165, 1.54) is 30.4 Å². The van der Waals surface area contributed by atoms with Crippen LogP contribution in [0.2, 0.25) is 0 Å². The highest BCUT2D eigenvalue weighted by Crippen LogP contribution is 2.22. The second-order valence-corrected chi connectivity index (χ2v) is 5.72. The van der Waals surface area contributed by atoms with Crippen molar-refractivity contribution in [2.24, 2.45) is 0 Å². The third-order valence-electron chi connectivity index (χ3n) is 3.98. The van der Waals surface area contributed by atoms with Crippen LogP contribution in [0.4, 0.5) is 0 Å². The van der Waals surface area contributed by atoms with Gasteiger partial charge in [-0.15, -0.1) is 0 Å². The molecule has 3 rings (SSSR count). The third-order valence-corrected chi connectivity index (χ3v) is 3.98. The number of aryl methyl sites for hydroxylation is 3. The zero-order valence-corrected chi connectivity index (χ0v) is 11.8. The van der Waals surface area contributed by atoms with Crippen molar-refractivity contribution in [3.63, 3.8) is 0 Å². The van der Waals surface area contributed by atoms with Crippen LogP contribution in [0, 0.1) is 13.8 Å². The largest absolute Gasteiger partial charge is 0.440 e. The summed E-state index contributed by atoms with van der Waals surface area (Å²) in [6.07, 6.45) is 6.02. The molecule has 2 heterocycles. The Hall–Kier alpha value is -1.35. The van der Waals surface area contributed by atoms with Crippen molar-refractivity contribution in [1.29, 1.82) is 0 Å². The smallest absolute Gasteiger partial charge is 0.195 e. The lowest BCUT2D eigenvalue weighted by Gasteiger charge is -2.22. The number of rotatable bonds is 3. The molecule has 0 saturated carbocycles. The van der Waals surface area contributed by atoms with Gasteiger partial charge in [-0.05, 0) is 56.8 Å². The van der Waals surface area contributed by atoms with Gasteiger partial charge >= 0.3 is 0 Å². The van der Waals surface area contributed by atoms with Crippen molar-refractivity contribution >= 4 is 11.1 Å². The minimum absolute atomic E-state index is 0.645. The van der Waals surface area contributed by atoms with Gasteiger partial charge in [-0.3, -0.25) is 0 Å². The topological polar surface area (TPSA) is 38.1 Å². The lowest BCUT2D eigenvalue weighted by Crippen LogP contribution is -2.34. The van der Waals surface area contributed by atoms with Crippen LogP contribution < -0.4 is 5.32 Å². The van der Waals surface area contributed by atoms with Crippen LogP contribution in [0.5, 0.6) is 0 Å². The van der Waals surface area contributed by atoms with Crippen LogP contribution in [-0.4, -0.2) is 17.6 Å². The molecule has 1 atom stereocenters. The molecule has 0 spiro atoms. The SMILES string of the molecule is Cc1cc(C)c2oc(CCC3CCCCN3)nc2c1. The lowest BCUT2D eigenvalue weighted by atomic mass is 10.0. The molecule has 2 aromatic rings. The molecule has 0 aliphatic carbocycles. The number of oxazole rings is 1. The number of nitrogens with one attached hydrogen (secondary N) is 1. The van der Waals surface area contributed by atoms with E-state index in [2.05, 4.69) is 36.3 Å². The molecule has 1 aliphatic rings. The quantitative estimate of drug-likeness (QED) is 0.915. The number of hydrogen-bond donors (Lipinski definition) is 1. The van der Waals surface area contributed by atoms with Gasteiger partial charge in [0.15, 0.2) is 11.5 Å². The first-order chi connectivity index (χ1) is 9.22. The minimum atomic E-state index is 0.645. The van der Waals surface area contributed by atoms with Crippen molar-refractivity contribution in [3.8, 4) is 0 Å². The van der Waals surface area contributed by atoms with E-state index in [-0.39, 0.29) is 0 Å². The average molecular weight is 258 g/mol. The highest BCUT2D eigenvalue weighted by atomic mass is 16.3. The zero-order chi connectivity index (χ0) is 13.2. The summed E-state index contributed by atoms with van der Waals surface area (Å²) in [6, 6.07) is 4.90. The Balaban J connectivity index is 1.72. The molecule has 1 unspecified atom stereocenters. The molecule has 1 aromatic carbocycles. The van der Waals surface area contributed by atoms with E-state index in [0.29, 0.717) is 6.04 Å². The maximum absolute atomic E-state index is 5.91. The Kier molecular flexibility index (Phi) is 3.56. The number of hydrogen-bond acceptors (Lipinski definition) is 3. The van der Waals surface area contributed by atoms with Gasteiger partial charge in [0.05, 0.1) is 0 Å². The molecule has 1 aromatic heterocycles. The van der Waals surface area contributed by atoms with Gasteiger partial charge in [0.1, 0.15) is 5.52 Å². The van der Waals surface area contributed by atoms with Gasteiger partial charge in [0.25, 0.3) is 0 Å². The van der Waals surface area contributed by atoms with Crippen LogP contribution in [0.1, 0.15) is 42.7 Å². The summed E-state index contributed by atoms with van der Waals surface area (Å²) in [7, 11) is 0. The molecule has 0 amide bonds. The standard InChI is InChI=1S/C16H22N2O/c1-11-9-12(2)16-14(10-11)18-15(19-16)7-6-13-5-3-4-8-17-13/h9-10,13,17H,3-8H2,1-2H3. The van der Waals surface area contributed by atoms with Gasteiger partial charge in [0, 0.05) is 12.5 Å². The zero-order valence-electron chi connectivity index (χ0n) is 11.8. The Morgan fingerprint density at radius 3 is 3.00 bits per heavy atom. The number of aromatic nitrogens is 1. The Labute approximate surface area is 114 Å². The van der Waals surface area contributed by atoms with Crippen LogP contribution >= 0.6 is 0 Å². The lowest BCUT2D eigenvalue weighted by molar-refractivity contribution is 0.371. The molecule has 1 aliphatic heterocycles. The second-order valence-electron chi connectivity index (χ2n) is 5.72. The Morgan fingerprint density at radius 1 is 1.32 bits per heavy atom. The molecule has 0 bridgehead atoms. The predicted octanol–water partition coefficient (Wildman–Crippen LogP) is 3.52. The van der Waals surface area contributed by atoms with E-state index in [1.54, 1.807) is 0 Å². The summed E-state index contributed by atoms with van der Waals surface area (Å²) >= 11 is 0. The first-order valence-electron chi connectivity index (χ1n) is 7.32. The molecular formula is C16H22N2O. The van der Waals surface area contributed by atoms with Gasteiger partial charge < -0.3 is 9.73 Å².